The van der Waals surface area contributed by atoms with Crippen LogP contribution in [0.2, 0.25) is 20.1 Å². The Kier molecular flexibility index (Phi) is 23.7. The number of hydrogen-bond donors (Lipinski definition) is 0. The topological polar surface area (TPSA) is 118 Å². The van der Waals surface area contributed by atoms with E-state index in [4.69, 9.17) is 84.3 Å². The van der Waals surface area contributed by atoms with Crippen LogP contribution in [0.15, 0.2) is 82.5 Å². The normalized spacial score (nSPS) is 17.4. The van der Waals surface area contributed by atoms with Gasteiger partial charge >= 0.3 is 5.69 Å². The molecule has 0 radical (unpaired) electrons. The number of aromatic nitrogens is 2. The van der Waals surface area contributed by atoms with E-state index in [1.165, 1.54) is 55.7 Å². The Morgan fingerprint density at radius 1 is 0.609 bits per heavy atom. The van der Waals surface area contributed by atoms with Gasteiger partial charge in [-0.2, -0.15) is 0 Å². The van der Waals surface area contributed by atoms with Crippen molar-refractivity contribution in [1.82, 2.24) is 9.13 Å². The number of aryl methyl sites for hydroxylation is 1. The molecule has 1 fully saturated rings. The van der Waals surface area contributed by atoms with Crippen molar-refractivity contribution < 1.29 is 37.9 Å². The largest absolute Gasteiger partial charge is 0.379 e. The third kappa shape index (κ3) is 17.1. The zero-order valence-corrected chi connectivity index (χ0v) is 39.9. The molecule has 4 aromatic rings. The highest BCUT2D eigenvalue weighted by atomic mass is 35.5. The van der Waals surface area contributed by atoms with Gasteiger partial charge in [0.15, 0.2) is 6.23 Å². The minimum absolute atomic E-state index is 0.0264. The molecule has 0 bridgehead atoms. The van der Waals surface area contributed by atoms with Crippen LogP contribution >= 0.6 is 46.4 Å². The average Bonchev–Trinajstić information content (AvgIpc) is 3.62. The van der Waals surface area contributed by atoms with Crippen LogP contribution in [0.25, 0.3) is 0 Å². The number of halogens is 4. The lowest BCUT2D eigenvalue weighted by atomic mass is 10.1. The molecule has 0 aliphatic carbocycles. The zero-order chi connectivity index (χ0) is 45.5. The number of rotatable bonds is 31. The molecule has 1 aromatic heterocycles. The summed E-state index contributed by atoms with van der Waals surface area (Å²) in [4.78, 5) is 27.6. The fraction of sp³-hybridized carbons (Fsp3) is 0.542. The summed E-state index contributed by atoms with van der Waals surface area (Å²) in [6.45, 7) is 6.85. The molecule has 0 unspecified atom stereocenters. The maximum atomic E-state index is 14.2. The van der Waals surface area contributed by atoms with E-state index in [9.17, 15) is 9.59 Å². The molecule has 16 heteroatoms. The molecule has 0 N–H and O–H groups in total. The molecule has 0 amide bonds. The number of unbranched alkanes of at least 4 members (excludes halogenated alkanes) is 7. The molecule has 1 aliphatic heterocycles. The molecule has 0 saturated carbocycles. The maximum absolute atomic E-state index is 14.2. The monoisotopic (exact) mass is 966 g/mol. The van der Waals surface area contributed by atoms with E-state index in [2.05, 4.69) is 6.92 Å². The second-order valence-corrected chi connectivity index (χ2v) is 17.4. The van der Waals surface area contributed by atoms with Crippen molar-refractivity contribution in [3.63, 3.8) is 0 Å². The second-order valence-electron chi connectivity index (χ2n) is 15.7. The summed E-state index contributed by atoms with van der Waals surface area (Å²) in [5.74, 6) is 0. The Labute approximate surface area is 396 Å². The lowest BCUT2D eigenvalue weighted by Crippen LogP contribution is -2.45. The van der Waals surface area contributed by atoms with E-state index in [0.29, 0.717) is 57.6 Å². The van der Waals surface area contributed by atoms with Crippen molar-refractivity contribution in [2.75, 3.05) is 52.9 Å². The zero-order valence-electron chi connectivity index (χ0n) is 36.9. The molecule has 3 aromatic carbocycles. The Morgan fingerprint density at radius 3 is 1.84 bits per heavy atom. The summed E-state index contributed by atoms with van der Waals surface area (Å²) in [6, 6.07) is 19.8. The molecule has 12 nitrogen and oxygen atoms in total. The molecule has 5 rings (SSSR count). The standard InChI is InChI=1S/C48H62Cl4N2O10/c1-3-4-5-6-7-8-9-13-20-57-21-22-58-23-24-59-25-26-62-45-44(63-32-38-17-19-40(50)28-42(38)52)43(33-60-31-37-16-18-39(49)27-41(37)51)64-47(45)53-29-35(2)46(55)54(48(53)56)34-61-30-36-14-11-10-12-15-36/h10-12,14-19,27-29,43-45,47H,3-9,13,20-26,30-34H2,1-2H3/t43-,44-,45-,47-/m1/s1. The minimum Gasteiger partial charge on any atom is -0.379 e. The Hall–Kier alpha value is -2.82. The Bertz CT molecular complexity index is 2090. The molecule has 352 valence electrons. The molecule has 64 heavy (non-hydrogen) atoms. The van der Waals surface area contributed by atoms with E-state index in [1.54, 1.807) is 43.3 Å². The van der Waals surface area contributed by atoms with Crippen LogP contribution < -0.4 is 11.2 Å². The third-order valence-electron chi connectivity index (χ3n) is 10.7. The number of hydrogen-bond acceptors (Lipinski definition) is 10. The predicted molar refractivity (Wildman–Crippen MR) is 251 cm³/mol. The fourth-order valence-corrected chi connectivity index (χ4v) is 8.13. The van der Waals surface area contributed by atoms with Crippen molar-refractivity contribution in [3.05, 3.63) is 136 Å². The molecule has 0 spiro atoms. The second kappa shape index (κ2) is 29.0. The van der Waals surface area contributed by atoms with Crippen molar-refractivity contribution in [2.45, 2.75) is 116 Å². The lowest BCUT2D eigenvalue weighted by molar-refractivity contribution is -0.0985. The van der Waals surface area contributed by atoms with Gasteiger partial charge in [0.2, 0.25) is 0 Å². The molecule has 4 atom stereocenters. The Balaban J connectivity index is 1.24. The van der Waals surface area contributed by atoms with Gasteiger partial charge in [0, 0.05) is 38.5 Å². The van der Waals surface area contributed by atoms with Crippen molar-refractivity contribution in [2.24, 2.45) is 0 Å². The van der Waals surface area contributed by atoms with Crippen LogP contribution in [-0.4, -0.2) is 80.3 Å². The number of benzene rings is 3. The van der Waals surface area contributed by atoms with E-state index in [-0.39, 0.29) is 46.4 Å². The predicted octanol–water partition coefficient (Wildman–Crippen LogP) is 10.4. The van der Waals surface area contributed by atoms with Gasteiger partial charge in [-0.25, -0.2) is 9.36 Å². The van der Waals surface area contributed by atoms with Crippen molar-refractivity contribution in [3.8, 4) is 0 Å². The summed E-state index contributed by atoms with van der Waals surface area (Å²) >= 11 is 25.3. The quantitative estimate of drug-likeness (QED) is 0.0451. The maximum Gasteiger partial charge on any atom is 0.335 e. The highest BCUT2D eigenvalue weighted by Crippen LogP contribution is 2.35. The lowest BCUT2D eigenvalue weighted by Gasteiger charge is -2.26. The van der Waals surface area contributed by atoms with Gasteiger partial charge in [-0.3, -0.25) is 9.36 Å². The first-order chi connectivity index (χ1) is 31.2. The van der Waals surface area contributed by atoms with Gasteiger partial charge < -0.3 is 37.9 Å². The van der Waals surface area contributed by atoms with Crippen LogP contribution in [0.4, 0.5) is 0 Å². The van der Waals surface area contributed by atoms with Gasteiger partial charge in [-0.1, -0.05) is 141 Å². The van der Waals surface area contributed by atoms with Gasteiger partial charge in [0.05, 0.1) is 66.1 Å². The van der Waals surface area contributed by atoms with E-state index in [1.807, 2.05) is 30.3 Å². The summed E-state index contributed by atoms with van der Waals surface area (Å²) in [5, 5.41) is 1.86. The van der Waals surface area contributed by atoms with E-state index < -0.39 is 35.8 Å². The summed E-state index contributed by atoms with van der Waals surface area (Å²) in [6.07, 6.45) is 8.06. The molecule has 1 saturated heterocycles. The number of nitrogens with zero attached hydrogens (tertiary/aromatic N) is 2. The molecular formula is C48H62Cl4N2O10. The molecule has 2 heterocycles. The van der Waals surface area contributed by atoms with Gasteiger partial charge in [0.1, 0.15) is 25.0 Å². The number of ether oxygens (including phenoxy) is 8. The van der Waals surface area contributed by atoms with Crippen molar-refractivity contribution in [1.29, 1.82) is 0 Å². The first kappa shape index (κ1) is 52.2. The SMILES string of the molecule is CCCCCCCCCCOCCOCCOCCO[C@@H]1[C@H](OCc2ccc(Cl)cc2Cl)[C@@H](COCc2ccc(Cl)cc2Cl)O[C@H]1n1cc(C)c(=O)n(COCc2ccccc2)c1=O. The smallest absolute Gasteiger partial charge is 0.335 e. The van der Waals surface area contributed by atoms with Crippen LogP contribution in [-0.2, 0) is 64.4 Å². The van der Waals surface area contributed by atoms with Crippen LogP contribution in [0.1, 0.15) is 86.8 Å². The first-order valence-electron chi connectivity index (χ1n) is 22.2. The summed E-state index contributed by atoms with van der Waals surface area (Å²) < 4.78 is 51.5. The Morgan fingerprint density at radius 2 is 1.20 bits per heavy atom. The first-order valence-corrected chi connectivity index (χ1v) is 23.7. The van der Waals surface area contributed by atoms with E-state index >= 15 is 0 Å². The van der Waals surface area contributed by atoms with Gasteiger partial charge in [0.25, 0.3) is 5.56 Å². The van der Waals surface area contributed by atoms with Gasteiger partial charge in [-0.15, -0.1) is 0 Å². The van der Waals surface area contributed by atoms with Gasteiger partial charge in [-0.05, 0) is 54.3 Å². The summed E-state index contributed by atoms with van der Waals surface area (Å²) in [5.41, 5.74) is 1.47. The van der Waals surface area contributed by atoms with Crippen LogP contribution in [0, 0.1) is 6.92 Å². The summed E-state index contributed by atoms with van der Waals surface area (Å²) in [7, 11) is 0. The highest BCUT2D eigenvalue weighted by molar-refractivity contribution is 6.35. The van der Waals surface area contributed by atoms with Crippen LogP contribution in [0.5, 0.6) is 0 Å². The molecular weight excluding hydrogens is 906 g/mol. The minimum atomic E-state index is -1.06. The highest BCUT2D eigenvalue weighted by Gasteiger charge is 2.48. The fourth-order valence-electron chi connectivity index (χ4n) is 7.20. The molecule has 1 aliphatic rings. The average molecular weight is 969 g/mol. The van der Waals surface area contributed by atoms with Crippen LogP contribution in [0.3, 0.4) is 0 Å². The van der Waals surface area contributed by atoms with Crippen molar-refractivity contribution >= 4 is 46.4 Å². The third-order valence-corrected chi connectivity index (χ3v) is 11.9. The van der Waals surface area contributed by atoms with E-state index in [0.717, 1.165) is 28.7 Å².